The molecular weight excluding hydrogens is 272 g/mol. The molecular formula is C13H8BrCl. The Bertz CT molecular complexity index is 546. The molecule has 1 aliphatic rings. The molecule has 0 nitrogen and oxygen atoms in total. The minimum atomic E-state index is 0.875. The highest BCUT2D eigenvalue weighted by Gasteiger charge is 2.20. The van der Waals surface area contributed by atoms with Crippen molar-refractivity contribution in [3.05, 3.63) is 57.0 Å². The third-order valence-electron chi connectivity index (χ3n) is 2.85. The number of hydrogen-bond acceptors (Lipinski definition) is 0. The third-order valence-corrected chi connectivity index (χ3v) is 3.70. The van der Waals surface area contributed by atoms with E-state index < -0.39 is 0 Å². The second-order valence-corrected chi connectivity index (χ2v) is 5.07. The lowest BCUT2D eigenvalue weighted by molar-refractivity contribution is 1.26. The molecule has 15 heavy (non-hydrogen) atoms. The highest BCUT2D eigenvalue weighted by Crippen LogP contribution is 2.40. The second kappa shape index (κ2) is 3.36. The van der Waals surface area contributed by atoms with E-state index in [0.717, 1.165) is 15.9 Å². The van der Waals surface area contributed by atoms with Crippen molar-refractivity contribution in [3.63, 3.8) is 0 Å². The van der Waals surface area contributed by atoms with Crippen LogP contribution < -0.4 is 0 Å². The Hall–Kier alpha value is -0.790. The van der Waals surface area contributed by atoms with Crippen molar-refractivity contribution in [1.82, 2.24) is 0 Å². The minimum Gasteiger partial charge on any atom is -0.0840 e. The molecule has 0 amide bonds. The van der Waals surface area contributed by atoms with E-state index in [0.29, 0.717) is 0 Å². The van der Waals surface area contributed by atoms with Gasteiger partial charge in [0.15, 0.2) is 0 Å². The van der Waals surface area contributed by atoms with E-state index in [-0.39, 0.29) is 0 Å². The topological polar surface area (TPSA) is 0 Å². The van der Waals surface area contributed by atoms with Gasteiger partial charge in [-0.05, 0) is 40.5 Å². The first-order valence-corrected chi connectivity index (χ1v) is 5.99. The lowest BCUT2D eigenvalue weighted by Gasteiger charge is -2.01. The molecule has 3 rings (SSSR count). The maximum Gasteiger partial charge on any atom is 0.0447 e. The molecule has 0 atom stereocenters. The monoisotopic (exact) mass is 278 g/mol. The largest absolute Gasteiger partial charge is 0.0840 e. The van der Waals surface area contributed by atoms with E-state index in [1.807, 2.05) is 12.1 Å². The summed E-state index contributed by atoms with van der Waals surface area (Å²) in [6, 6.07) is 12.5. The molecule has 0 N–H and O–H groups in total. The van der Waals surface area contributed by atoms with Gasteiger partial charge in [0.2, 0.25) is 0 Å². The summed E-state index contributed by atoms with van der Waals surface area (Å²) in [4.78, 5) is 0. The zero-order valence-electron chi connectivity index (χ0n) is 7.93. The van der Waals surface area contributed by atoms with E-state index in [9.17, 15) is 0 Å². The van der Waals surface area contributed by atoms with E-state index in [1.165, 1.54) is 22.3 Å². The Morgan fingerprint density at radius 2 is 1.93 bits per heavy atom. The van der Waals surface area contributed by atoms with Gasteiger partial charge in [-0.25, -0.2) is 0 Å². The number of halogens is 2. The summed E-state index contributed by atoms with van der Waals surface area (Å²) < 4.78 is 1.12. The Morgan fingerprint density at radius 1 is 1.07 bits per heavy atom. The van der Waals surface area contributed by atoms with Gasteiger partial charge in [-0.2, -0.15) is 0 Å². The van der Waals surface area contributed by atoms with Crippen LogP contribution in [0, 0.1) is 0 Å². The fourth-order valence-corrected chi connectivity index (χ4v) is 2.74. The van der Waals surface area contributed by atoms with Gasteiger partial charge in [-0.1, -0.05) is 45.7 Å². The van der Waals surface area contributed by atoms with E-state index in [2.05, 4.69) is 40.2 Å². The molecule has 74 valence electrons. The molecule has 0 saturated heterocycles. The molecule has 0 spiro atoms. The van der Waals surface area contributed by atoms with Crippen LogP contribution in [0.1, 0.15) is 11.1 Å². The molecule has 0 bridgehead atoms. The lowest BCUT2D eigenvalue weighted by Crippen LogP contribution is -1.80. The molecule has 0 heterocycles. The molecule has 0 saturated carbocycles. The Kier molecular flexibility index (Phi) is 2.11. The van der Waals surface area contributed by atoms with Crippen LogP contribution in [0.3, 0.4) is 0 Å². The van der Waals surface area contributed by atoms with Crippen LogP contribution >= 0.6 is 27.5 Å². The van der Waals surface area contributed by atoms with E-state index in [1.54, 1.807) is 0 Å². The van der Waals surface area contributed by atoms with Crippen molar-refractivity contribution in [1.29, 1.82) is 0 Å². The van der Waals surface area contributed by atoms with E-state index in [4.69, 9.17) is 11.6 Å². The first-order valence-electron chi connectivity index (χ1n) is 4.82. The average molecular weight is 280 g/mol. The van der Waals surface area contributed by atoms with Crippen LogP contribution in [0.2, 0.25) is 5.02 Å². The van der Waals surface area contributed by atoms with Crippen LogP contribution in [-0.4, -0.2) is 0 Å². The van der Waals surface area contributed by atoms with Crippen LogP contribution in [0.5, 0.6) is 0 Å². The Labute approximate surface area is 102 Å². The number of benzene rings is 2. The van der Waals surface area contributed by atoms with Gasteiger partial charge in [0.25, 0.3) is 0 Å². The maximum atomic E-state index is 6.19. The number of rotatable bonds is 0. The van der Waals surface area contributed by atoms with Crippen molar-refractivity contribution in [2.45, 2.75) is 6.42 Å². The Balaban J connectivity index is 2.31. The van der Waals surface area contributed by atoms with Gasteiger partial charge in [0.05, 0.1) is 0 Å². The summed E-state index contributed by atoms with van der Waals surface area (Å²) in [6.07, 6.45) is 0.956. The fourth-order valence-electron chi connectivity index (χ4n) is 2.13. The van der Waals surface area contributed by atoms with Crippen molar-refractivity contribution in [2.75, 3.05) is 0 Å². The fraction of sp³-hybridized carbons (Fsp3) is 0.0769. The standard InChI is InChI=1S/C13H8BrCl/c14-9-5-4-8-6-12-10(11(8)7-9)2-1-3-13(12)15/h1-5,7H,6H2. The molecule has 0 radical (unpaired) electrons. The molecule has 2 aromatic rings. The SMILES string of the molecule is Clc1cccc2c1Cc1ccc(Br)cc1-2. The molecule has 2 heteroatoms. The molecule has 0 aromatic heterocycles. The quantitative estimate of drug-likeness (QED) is 0.561. The van der Waals surface area contributed by atoms with Gasteiger partial charge in [0, 0.05) is 15.9 Å². The first kappa shape index (κ1) is 9.44. The third kappa shape index (κ3) is 1.42. The van der Waals surface area contributed by atoms with Crippen LogP contribution in [0.25, 0.3) is 11.1 Å². The van der Waals surface area contributed by atoms with Crippen molar-refractivity contribution >= 4 is 27.5 Å². The number of hydrogen-bond donors (Lipinski definition) is 0. The van der Waals surface area contributed by atoms with Crippen molar-refractivity contribution < 1.29 is 0 Å². The normalized spacial score (nSPS) is 12.4. The van der Waals surface area contributed by atoms with Gasteiger partial charge in [0.1, 0.15) is 0 Å². The summed E-state index contributed by atoms with van der Waals surface area (Å²) in [7, 11) is 0. The summed E-state index contributed by atoms with van der Waals surface area (Å²) in [5.74, 6) is 0. The summed E-state index contributed by atoms with van der Waals surface area (Å²) >= 11 is 9.69. The Morgan fingerprint density at radius 3 is 2.80 bits per heavy atom. The minimum absolute atomic E-state index is 0.875. The smallest absolute Gasteiger partial charge is 0.0447 e. The molecule has 1 aliphatic carbocycles. The van der Waals surface area contributed by atoms with Gasteiger partial charge >= 0.3 is 0 Å². The molecule has 0 unspecified atom stereocenters. The van der Waals surface area contributed by atoms with E-state index >= 15 is 0 Å². The predicted octanol–water partition coefficient (Wildman–Crippen LogP) is 4.67. The highest BCUT2D eigenvalue weighted by atomic mass is 79.9. The van der Waals surface area contributed by atoms with Gasteiger partial charge in [-0.3, -0.25) is 0 Å². The van der Waals surface area contributed by atoms with Gasteiger partial charge in [-0.15, -0.1) is 0 Å². The van der Waals surface area contributed by atoms with Crippen LogP contribution in [-0.2, 0) is 6.42 Å². The molecule has 0 aliphatic heterocycles. The summed E-state index contributed by atoms with van der Waals surface area (Å²) in [5, 5.41) is 0.875. The maximum absolute atomic E-state index is 6.19. The zero-order valence-corrected chi connectivity index (χ0v) is 10.3. The van der Waals surface area contributed by atoms with Crippen LogP contribution in [0.15, 0.2) is 40.9 Å². The lowest BCUT2D eigenvalue weighted by atomic mass is 10.1. The van der Waals surface area contributed by atoms with Crippen LogP contribution in [0.4, 0.5) is 0 Å². The molecule has 0 fully saturated rings. The first-order chi connectivity index (χ1) is 7.25. The number of fused-ring (bicyclic) bond motifs is 3. The second-order valence-electron chi connectivity index (χ2n) is 3.74. The highest BCUT2D eigenvalue weighted by molar-refractivity contribution is 9.10. The van der Waals surface area contributed by atoms with Crippen molar-refractivity contribution in [3.8, 4) is 11.1 Å². The molecule has 2 aromatic carbocycles. The van der Waals surface area contributed by atoms with Crippen molar-refractivity contribution in [2.24, 2.45) is 0 Å². The predicted molar refractivity (Wildman–Crippen MR) is 67.4 cm³/mol. The van der Waals surface area contributed by atoms with Gasteiger partial charge < -0.3 is 0 Å². The average Bonchev–Trinajstić information content (AvgIpc) is 2.58. The summed E-state index contributed by atoms with van der Waals surface area (Å²) in [5.41, 5.74) is 5.20. The zero-order chi connectivity index (χ0) is 10.4. The summed E-state index contributed by atoms with van der Waals surface area (Å²) in [6.45, 7) is 0.